The molecule has 1 N–H and O–H groups in total. The number of nitriles is 1. The Hall–Kier alpha value is -2.07. The number of hydrogen-bond acceptors (Lipinski definition) is 4. The summed E-state index contributed by atoms with van der Waals surface area (Å²) in [6, 6.07) is 5.19. The predicted octanol–water partition coefficient (Wildman–Crippen LogP) is 3.95. The molecule has 20 heavy (non-hydrogen) atoms. The highest BCUT2D eigenvalue weighted by molar-refractivity contribution is 7.11. The first-order chi connectivity index (χ1) is 9.40. The minimum atomic E-state index is -4.50. The molecule has 0 aliphatic rings. The Labute approximate surface area is 117 Å². The SMILES string of the molecule is Cc1ncc(CNc2ccc(C#N)cc2C(F)(F)F)s1. The van der Waals surface area contributed by atoms with Gasteiger partial charge in [0.25, 0.3) is 0 Å². The molecule has 0 spiro atoms. The molecule has 1 aromatic carbocycles. The van der Waals surface area contributed by atoms with E-state index in [4.69, 9.17) is 5.26 Å². The Morgan fingerprint density at radius 2 is 2.15 bits per heavy atom. The zero-order valence-electron chi connectivity index (χ0n) is 10.5. The molecule has 104 valence electrons. The van der Waals surface area contributed by atoms with Crippen LogP contribution in [-0.4, -0.2) is 4.98 Å². The van der Waals surface area contributed by atoms with Crippen molar-refractivity contribution in [3.63, 3.8) is 0 Å². The number of benzene rings is 1. The van der Waals surface area contributed by atoms with Gasteiger partial charge in [-0.05, 0) is 25.1 Å². The molecule has 0 aliphatic heterocycles. The minimum absolute atomic E-state index is 0.0171. The summed E-state index contributed by atoms with van der Waals surface area (Å²) in [6.45, 7) is 2.09. The highest BCUT2D eigenvalue weighted by Crippen LogP contribution is 2.35. The van der Waals surface area contributed by atoms with Gasteiger partial charge in [0.1, 0.15) is 0 Å². The molecule has 0 bridgehead atoms. The summed E-state index contributed by atoms with van der Waals surface area (Å²) in [4.78, 5) is 4.89. The first kappa shape index (κ1) is 14.3. The summed E-state index contributed by atoms with van der Waals surface area (Å²) < 4.78 is 38.8. The van der Waals surface area contributed by atoms with Crippen LogP contribution in [0.5, 0.6) is 0 Å². The van der Waals surface area contributed by atoms with Gasteiger partial charge in [-0.1, -0.05) is 0 Å². The largest absolute Gasteiger partial charge is 0.418 e. The molecule has 2 aromatic rings. The quantitative estimate of drug-likeness (QED) is 0.933. The second kappa shape index (κ2) is 5.51. The smallest absolute Gasteiger partial charge is 0.380 e. The van der Waals surface area contributed by atoms with Crippen LogP contribution in [0.1, 0.15) is 21.0 Å². The number of aryl methyl sites for hydroxylation is 1. The van der Waals surface area contributed by atoms with Gasteiger partial charge in [-0.2, -0.15) is 18.4 Å². The lowest BCUT2D eigenvalue weighted by Crippen LogP contribution is -2.11. The molecule has 0 aliphatic carbocycles. The molecule has 1 heterocycles. The Bertz CT molecular complexity index is 656. The second-order valence-corrected chi connectivity index (χ2v) is 5.39. The number of anilines is 1. The van der Waals surface area contributed by atoms with Crippen molar-refractivity contribution in [2.24, 2.45) is 0 Å². The average Bonchev–Trinajstić information content (AvgIpc) is 2.81. The van der Waals surface area contributed by atoms with Crippen molar-refractivity contribution in [2.75, 3.05) is 5.32 Å². The third-order valence-electron chi connectivity index (χ3n) is 2.58. The van der Waals surface area contributed by atoms with Gasteiger partial charge >= 0.3 is 6.18 Å². The van der Waals surface area contributed by atoms with Gasteiger partial charge in [0.05, 0.1) is 28.7 Å². The van der Waals surface area contributed by atoms with Crippen LogP contribution in [0.15, 0.2) is 24.4 Å². The first-order valence-electron chi connectivity index (χ1n) is 5.66. The van der Waals surface area contributed by atoms with Gasteiger partial charge in [-0.15, -0.1) is 11.3 Å². The van der Waals surface area contributed by atoms with Crippen LogP contribution in [-0.2, 0) is 12.7 Å². The van der Waals surface area contributed by atoms with Crippen molar-refractivity contribution in [3.8, 4) is 6.07 Å². The Kier molecular flexibility index (Phi) is 3.95. The maximum absolute atomic E-state index is 12.9. The molecule has 1 aromatic heterocycles. The van der Waals surface area contributed by atoms with E-state index in [-0.39, 0.29) is 17.8 Å². The lowest BCUT2D eigenvalue weighted by molar-refractivity contribution is -0.137. The molecule has 3 nitrogen and oxygen atoms in total. The van der Waals surface area contributed by atoms with Gasteiger partial charge in [0.15, 0.2) is 0 Å². The predicted molar refractivity (Wildman–Crippen MR) is 70.3 cm³/mol. The molecule has 0 saturated carbocycles. The number of nitrogens with one attached hydrogen (secondary N) is 1. The Morgan fingerprint density at radius 3 is 2.70 bits per heavy atom. The zero-order chi connectivity index (χ0) is 14.8. The summed E-state index contributed by atoms with van der Waals surface area (Å²) in [6.07, 6.45) is -2.87. The van der Waals surface area contributed by atoms with E-state index >= 15 is 0 Å². The number of thiazole rings is 1. The van der Waals surface area contributed by atoms with Crippen molar-refractivity contribution in [2.45, 2.75) is 19.6 Å². The molecule has 0 amide bonds. The molecule has 0 unspecified atom stereocenters. The number of halogens is 3. The van der Waals surface area contributed by atoms with Crippen molar-refractivity contribution in [1.29, 1.82) is 5.26 Å². The normalized spacial score (nSPS) is 11.2. The monoisotopic (exact) mass is 297 g/mol. The van der Waals surface area contributed by atoms with E-state index < -0.39 is 11.7 Å². The van der Waals surface area contributed by atoms with Crippen molar-refractivity contribution in [1.82, 2.24) is 4.98 Å². The summed E-state index contributed by atoms with van der Waals surface area (Å²) >= 11 is 1.42. The number of rotatable bonds is 3. The molecule has 2 rings (SSSR count). The van der Waals surface area contributed by atoms with Crippen molar-refractivity contribution >= 4 is 17.0 Å². The van der Waals surface area contributed by atoms with Gasteiger partial charge in [-0.25, -0.2) is 4.98 Å². The molecular formula is C13H10F3N3S. The number of hydrogen-bond donors (Lipinski definition) is 1. The van der Waals surface area contributed by atoms with E-state index in [9.17, 15) is 13.2 Å². The topological polar surface area (TPSA) is 48.7 Å². The maximum Gasteiger partial charge on any atom is 0.418 e. The van der Waals surface area contributed by atoms with E-state index in [0.717, 1.165) is 16.0 Å². The standard InChI is InChI=1S/C13H10F3N3S/c1-8-18-6-10(20-8)7-19-12-3-2-9(5-17)4-11(12)13(14,15)16/h2-4,6,19H,7H2,1H3. The molecule has 0 saturated heterocycles. The summed E-state index contributed by atoms with van der Waals surface area (Å²) in [5.41, 5.74) is -0.892. The zero-order valence-corrected chi connectivity index (χ0v) is 11.3. The van der Waals surface area contributed by atoms with Gasteiger partial charge in [0, 0.05) is 16.8 Å². The van der Waals surface area contributed by atoms with Gasteiger partial charge in [-0.3, -0.25) is 0 Å². The van der Waals surface area contributed by atoms with Crippen LogP contribution in [0.3, 0.4) is 0 Å². The molecule has 0 radical (unpaired) electrons. The fraction of sp³-hybridized carbons (Fsp3) is 0.231. The third-order valence-corrected chi connectivity index (χ3v) is 3.49. The Balaban J connectivity index is 2.25. The maximum atomic E-state index is 12.9. The van der Waals surface area contributed by atoms with Crippen LogP contribution in [0.2, 0.25) is 0 Å². The van der Waals surface area contributed by atoms with E-state index in [0.29, 0.717) is 0 Å². The molecular weight excluding hydrogens is 287 g/mol. The molecule has 7 heteroatoms. The van der Waals surface area contributed by atoms with Crippen molar-refractivity contribution in [3.05, 3.63) is 45.4 Å². The third kappa shape index (κ3) is 3.27. The van der Waals surface area contributed by atoms with E-state index in [2.05, 4.69) is 10.3 Å². The molecule has 0 fully saturated rings. The number of aromatic nitrogens is 1. The fourth-order valence-corrected chi connectivity index (χ4v) is 2.41. The lowest BCUT2D eigenvalue weighted by Gasteiger charge is -2.14. The Morgan fingerprint density at radius 1 is 1.40 bits per heavy atom. The van der Waals surface area contributed by atoms with E-state index in [1.807, 2.05) is 6.92 Å². The summed E-state index contributed by atoms with van der Waals surface area (Å²) in [7, 11) is 0. The van der Waals surface area contributed by atoms with E-state index in [1.165, 1.54) is 23.5 Å². The number of nitrogens with zero attached hydrogens (tertiary/aromatic N) is 2. The van der Waals surface area contributed by atoms with Crippen LogP contribution in [0.4, 0.5) is 18.9 Å². The van der Waals surface area contributed by atoms with Crippen LogP contribution in [0.25, 0.3) is 0 Å². The van der Waals surface area contributed by atoms with Crippen molar-refractivity contribution < 1.29 is 13.2 Å². The fourth-order valence-electron chi connectivity index (χ4n) is 1.67. The lowest BCUT2D eigenvalue weighted by atomic mass is 10.1. The highest BCUT2D eigenvalue weighted by atomic mass is 32.1. The van der Waals surface area contributed by atoms with Gasteiger partial charge in [0.2, 0.25) is 0 Å². The van der Waals surface area contributed by atoms with Crippen LogP contribution < -0.4 is 5.32 Å². The second-order valence-electron chi connectivity index (χ2n) is 4.07. The summed E-state index contributed by atoms with van der Waals surface area (Å²) in [5, 5.41) is 12.3. The molecule has 0 atom stereocenters. The van der Waals surface area contributed by atoms with Crippen LogP contribution >= 0.6 is 11.3 Å². The number of alkyl halides is 3. The van der Waals surface area contributed by atoms with E-state index in [1.54, 1.807) is 12.3 Å². The van der Waals surface area contributed by atoms with Gasteiger partial charge < -0.3 is 5.32 Å². The van der Waals surface area contributed by atoms with Crippen LogP contribution in [0, 0.1) is 18.3 Å². The highest BCUT2D eigenvalue weighted by Gasteiger charge is 2.33. The minimum Gasteiger partial charge on any atom is -0.380 e. The first-order valence-corrected chi connectivity index (χ1v) is 6.48. The average molecular weight is 297 g/mol. The summed E-state index contributed by atoms with van der Waals surface area (Å²) in [5.74, 6) is 0.